The highest BCUT2D eigenvalue weighted by Gasteiger charge is 2.13. The predicted octanol–water partition coefficient (Wildman–Crippen LogP) is 4.93. The van der Waals surface area contributed by atoms with Gasteiger partial charge in [0.1, 0.15) is 23.3 Å². The molecule has 7 heteroatoms. The third kappa shape index (κ3) is 5.53. The van der Waals surface area contributed by atoms with Crippen LogP contribution in [0.2, 0.25) is 0 Å². The third-order valence-electron chi connectivity index (χ3n) is 6.08. The number of hydrogen-bond donors (Lipinski definition) is 3. The fourth-order valence-corrected chi connectivity index (χ4v) is 3.94. The number of nitrogens with one attached hydrogen (secondary N) is 3. The molecule has 0 amide bonds. The van der Waals surface area contributed by atoms with Gasteiger partial charge in [0.15, 0.2) is 5.65 Å². The lowest BCUT2D eigenvalue weighted by atomic mass is 10.0. The monoisotopic (exact) mass is 453 g/mol. The molecule has 0 bridgehead atoms. The minimum Gasteiger partial charge on any atom is -0.370 e. The van der Waals surface area contributed by atoms with Gasteiger partial charge in [0.25, 0.3) is 0 Å². The molecule has 0 fully saturated rings. The number of anilines is 2. The molecule has 1 atom stereocenters. The fourth-order valence-electron chi connectivity index (χ4n) is 3.94. The summed E-state index contributed by atoms with van der Waals surface area (Å²) in [5, 5.41) is 24.0. The number of nitrogens with zero attached hydrogens (tertiary/aromatic N) is 4. The van der Waals surface area contributed by atoms with Crippen molar-refractivity contribution in [3.8, 4) is 17.2 Å². The lowest BCUT2D eigenvalue weighted by molar-refractivity contribution is 0.482. The Bertz CT molecular complexity index is 1240. The van der Waals surface area contributed by atoms with Crippen LogP contribution < -0.4 is 16.0 Å². The van der Waals surface area contributed by atoms with Crippen molar-refractivity contribution in [3.63, 3.8) is 0 Å². The van der Waals surface area contributed by atoms with E-state index in [0.717, 1.165) is 43.1 Å². The van der Waals surface area contributed by atoms with Crippen molar-refractivity contribution in [1.29, 1.82) is 5.26 Å². The van der Waals surface area contributed by atoms with Crippen molar-refractivity contribution in [3.05, 3.63) is 78.0 Å². The van der Waals surface area contributed by atoms with E-state index in [-0.39, 0.29) is 0 Å². The Morgan fingerprint density at radius 2 is 1.79 bits per heavy atom. The highest BCUT2D eigenvalue weighted by Crippen LogP contribution is 2.22. The van der Waals surface area contributed by atoms with Crippen LogP contribution in [0.4, 0.5) is 11.6 Å². The molecule has 0 spiro atoms. The molecule has 0 aliphatic carbocycles. The molecule has 7 nitrogen and oxygen atoms in total. The summed E-state index contributed by atoms with van der Waals surface area (Å²) in [4.78, 5) is 4.66. The van der Waals surface area contributed by atoms with Crippen molar-refractivity contribution in [2.24, 2.45) is 5.92 Å². The van der Waals surface area contributed by atoms with Gasteiger partial charge in [-0.15, -0.1) is 0 Å². The average molecular weight is 454 g/mol. The molecule has 174 valence electrons. The first-order valence-corrected chi connectivity index (χ1v) is 11.8. The normalized spacial score (nSPS) is 11.8. The smallest absolute Gasteiger partial charge is 0.177 e. The van der Waals surface area contributed by atoms with Crippen molar-refractivity contribution in [2.75, 3.05) is 30.8 Å². The molecular weight excluding hydrogens is 422 g/mol. The average Bonchev–Trinajstić information content (AvgIpc) is 3.31. The van der Waals surface area contributed by atoms with E-state index < -0.39 is 0 Å². The minimum absolute atomic E-state index is 0.459. The molecule has 1 unspecified atom stereocenters. The van der Waals surface area contributed by atoms with E-state index in [1.165, 1.54) is 11.1 Å². The molecule has 0 saturated heterocycles. The minimum atomic E-state index is 0.459. The summed E-state index contributed by atoms with van der Waals surface area (Å²) in [6.07, 6.45) is 3.76. The molecule has 3 N–H and O–H groups in total. The Kier molecular flexibility index (Phi) is 7.74. The van der Waals surface area contributed by atoms with E-state index in [1.54, 1.807) is 10.7 Å². The number of benzene rings is 2. The standard InChI is InChI=1S/C27H31N7/c1-3-20(13-14-29-2)17-30-25-15-26(34-27(33-25)24(16-28)19-32-34)31-18-21-9-11-23(12-10-21)22-7-5-4-6-8-22/h4-12,15,19-20,29,31H,3,13-14,17-18H2,1-2H3,(H,30,33). The van der Waals surface area contributed by atoms with Crippen LogP contribution in [0.25, 0.3) is 16.8 Å². The lowest BCUT2D eigenvalue weighted by Crippen LogP contribution is -2.20. The quantitative estimate of drug-likeness (QED) is 0.298. The zero-order chi connectivity index (χ0) is 23.8. The summed E-state index contributed by atoms with van der Waals surface area (Å²) in [7, 11) is 1.98. The van der Waals surface area contributed by atoms with Gasteiger partial charge in [-0.3, -0.25) is 0 Å². The SMILES string of the molecule is CCC(CCNC)CNc1cc(NCc2ccc(-c3ccccc3)cc2)n2ncc(C#N)c2n1. The molecule has 4 rings (SSSR count). The van der Waals surface area contributed by atoms with Crippen LogP contribution in [0.3, 0.4) is 0 Å². The van der Waals surface area contributed by atoms with Crippen LogP contribution in [0.1, 0.15) is 30.9 Å². The van der Waals surface area contributed by atoms with Gasteiger partial charge in [0.2, 0.25) is 0 Å². The van der Waals surface area contributed by atoms with E-state index in [9.17, 15) is 5.26 Å². The van der Waals surface area contributed by atoms with Crippen LogP contribution in [0.15, 0.2) is 66.9 Å². The Labute approximate surface area is 200 Å². The van der Waals surface area contributed by atoms with E-state index in [4.69, 9.17) is 0 Å². The summed E-state index contributed by atoms with van der Waals surface area (Å²) in [5.74, 6) is 2.09. The predicted molar refractivity (Wildman–Crippen MR) is 138 cm³/mol. The Morgan fingerprint density at radius 3 is 2.50 bits per heavy atom. The van der Waals surface area contributed by atoms with Gasteiger partial charge >= 0.3 is 0 Å². The molecule has 34 heavy (non-hydrogen) atoms. The number of aromatic nitrogens is 3. The summed E-state index contributed by atoms with van der Waals surface area (Å²) >= 11 is 0. The Morgan fingerprint density at radius 1 is 1.03 bits per heavy atom. The van der Waals surface area contributed by atoms with Crippen molar-refractivity contribution >= 4 is 17.3 Å². The zero-order valence-electron chi connectivity index (χ0n) is 19.8. The molecule has 0 saturated carbocycles. The van der Waals surface area contributed by atoms with Crippen LogP contribution in [0, 0.1) is 17.2 Å². The molecule has 4 aromatic rings. The maximum absolute atomic E-state index is 9.50. The highest BCUT2D eigenvalue weighted by molar-refractivity contribution is 5.65. The number of rotatable bonds is 11. The second kappa shape index (κ2) is 11.3. The number of fused-ring (bicyclic) bond motifs is 1. The van der Waals surface area contributed by atoms with Crippen LogP contribution in [0.5, 0.6) is 0 Å². The molecule has 0 radical (unpaired) electrons. The van der Waals surface area contributed by atoms with Crippen LogP contribution in [-0.2, 0) is 6.54 Å². The first-order valence-electron chi connectivity index (χ1n) is 11.8. The molecule has 2 aromatic carbocycles. The Balaban J connectivity index is 1.51. The van der Waals surface area contributed by atoms with E-state index in [1.807, 2.05) is 31.3 Å². The third-order valence-corrected chi connectivity index (χ3v) is 6.08. The van der Waals surface area contributed by atoms with Gasteiger partial charge in [0, 0.05) is 19.2 Å². The summed E-state index contributed by atoms with van der Waals surface area (Å²) in [6.45, 7) is 4.66. The zero-order valence-corrected chi connectivity index (χ0v) is 19.8. The first-order chi connectivity index (χ1) is 16.7. The fraction of sp³-hybridized carbons (Fsp3) is 0.296. The van der Waals surface area contributed by atoms with Gasteiger partial charge in [0.05, 0.1) is 6.20 Å². The van der Waals surface area contributed by atoms with Crippen molar-refractivity contribution < 1.29 is 0 Å². The second-order valence-corrected chi connectivity index (χ2v) is 8.40. The van der Waals surface area contributed by atoms with E-state index in [0.29, 0.717) is 23.7 Å². The summed E-state index contributed by atoms with van der Waals surface area (Å²) in [5.41, 5.74) is 4.56. The largest absolute Gasteiger partial charge is 0.370 e. The second-order valence-electron chi connectivity index (χ2n) is 8.40. The highest BCUT2D eigenvalue weighted by atomic mass is 15.3. The number of hydrogen-bond acceptors (Lipinski definition) is 6. The van der Waals surface area contributed by atoms with E-state index in [2.05, 4.69) is 75.4 Å². The van der Waals surface area contributed by atoms with Gasteiger partial charge in [-0.1, -0.05) is 67.9 Å². The first kappa shape index (κ1) is 23.3. The summed E-state index contributed by atoms with van der Waals surface area (Å²) < 4.78 is 1.69. The maximum Gasteiger partial charge on any atom is 0.177 e. The van der Waals surface area contributed by atoms with Gasteiger partial charge < -0.3 is 16.0 Å². The van der Waals surface area contributed by atoms with Crippen molar-refractivity contribution in [1.82, 2.24) is 19.9 Å². The topological polar surface area (TPSA) is 90.1 Å². The van der Waals surface area contributed by atoms with Crippen molar-refractivity contribution in [2.45, 2.75) is 26.3 Å². The Hall–Kier alpha value is -3.89. The summed E-state index contributed by atoms with van der Waals surface area (Å²) in [6, 6.07) is 23.0. The lowest BCUT2D eigenvalue weighted by Gasteiger charge is -2.17. The molecular formula is C27H31N7. The van der Waals surface area contributed by atoms with Crippen LogP contribution in [-0.4, -0.2) is 34.7 Å². The van der Waals surface area contributed by atoms with Gasteiger partial charge in [-0.25, -0.2) is 4.98 Å². The molecule has 2 aromatic heterocycles. The molecule has 2 heterocycles. The van der Waals surface area contributed by atoms with Gasteiger partial charge in [-0.2, -0.15) is 14.9 Å². The van der Waals surface area contributed by atoms with Crippen LogP contribution >= 0.6 is 0 Å². The van der Waals surface area contributed by atoms with Gasteiger partial charge in [-0.05, 0) is 42.6 Å². The molecule has 0 aliphatic heterocycles. The number of nitriles is 1. The van der Waals surface area contributed by atoms with E-state index >= 15 is 0 Å². The maximum atomic E-state index is 9.50. The molecule has 0 aliphatic rings.